The van der Waals surface area contributed by atoms with Gasteiger partial charge in [0.25, 0.3) is 0 Å². The van der Waals surface area contributed by atoms with Crippen molar-refractivity contribution in [2.75, 3.05) is 0 Å². The molecule has 0 fully saturated rings. The maximum Gasteiger partial charge on any atom is 0.192 e. The fourth-order valence-corrected chi connectivity index (χ4v) is 3.93. The summed E-state index contributed by atoms with van der Waals surface area (Å²) in [4.78, 5) is 24.1. The molecule has 0 unspecified atom stereocenters. The van der Waals surface area contributed by atoms with Gasteiger partial charge >= 0.3 is 0 Å². The van der Waals surface area contributed by atoms with Crippen LogP contribution < -0.4 is 10.9 Å². The Hall–Kier alpha value is -3.94. The highest BCUT2D eigenvalue weighted by Gasteiger charge is 2.10. The standard InChI is InChI=1S/C22H20N6O2/c1-25-21-17(11-23-25)19(29)7-9-27(21)13-15-3-5-16(6-4-15)14-28-10-8-20(30)18-12-24-26(2)22(18)28/h3-12H,13-14H2,1-2H3. The summed E-state index contributed by atoms with van der Waals surface area (Å²) in [6.07, 6.45) is 6.83. The second-order valence-electron chi connectivity index (χ2n) is 7.44. The number of pyridine rings is 2. The Labute approximate surface area is 171 Å². The highest BCUT2D eigenvalue weighted by Crippen LogP contribution is 2.15. The van der Waals surface area contributed by atoms with Crippen molar-refractivity contribution in [2.45, 2.75) is 13.1 Å². The quantitative estimate of drug-likeness (QED) is 0.461. The van der Waals surface area contributed by atoms with Gasteiger partial charge in [0.1, 0.15) is 11.3 Å². The van der Waals surface area contributed by atoms with E-state index in [0.717, 1.165) is 22.4 Å². The van der Waals surface area contributed by atoms with E-state index in [1.807, 2.05) is 23.2 Å². The van der Waals surface area contributed by atoms with Crippen LogP contribution in [0.1, 0.15) is 11.1 Å². The van der Waals surface area contributed by atoms with Crippen molar-refractivity contribution in [2.24, 2.45) is 14.1 Å². The number of nitrogens with zero attached hydrogens (tertiary/aromatic N) is 6. The predicted molar refractivity (Wildman–Crippen MR) is 115 cm³/mol. The second kappa shape index (κ2) is 6.84. The van der Waals surface area contributed by atoms with Crippen molar-refractivity contribution in [1.82, 2.24) is 28.7 Å². The van der Waals surface area contributed by atoms with Gasteiger partial charge in [0.05, 0.1) is 23.2 Å². The highest BCUT2D eigenvalue weighted by atomic mass is 16.1. The first-order valence-corrected chi connectivity index (χ1v) is 9.61. The predicted octanol–water partition coefficient (Wildman–Crippen LogP) is 1.88. The minimum absolute atomic E-state index is 0.0210. The molecule has 5 rings (SSSR count). The van der Waals surface area contributed by atoms with Crippen molar-refractivity contribution in [3.05, 3.63) is 92.8 Å². The number of aromatic nitrogens is 6. The van der Waals surface area contributed by atoms with Crippen LogP contribution in [0.3, 0.4) is 0 Å². The van der Waals surface area contributed by atoms with E-state index < -0.39 is 0 Å². The Bertz CT molecular complexity index is 1390. The summed E-state index contributed by atoms with van der Waals surface area (Å²) in [6.45, 7) is 1.28. The zero-order chi connectivity index (χ0) is 20.8. The fraction of sp³-hybridized carbons (Fsp3) is 0.182. The topological polar surface area (TPSA) is 79.6 Å². The summed E-state index contributed by atoms with van der Waals surface area (Å²) in [5, 5.41) is 9.68. The molecule has 30 heavy (non-hydrogen) atoms. The van der Waals surface area contributed by atoms with Crippen LogP contribution in [0.25, 0.3) is 22.1 Å². The first-order chi connectivity index (χ1) is 14.5. The summed E-state index contributed by atoms with van der Waals surface area (Å²) in [7, 11) is 3.68. The minimum atomic E-state index is -0.0210. The number of hydrogen-bond acceptors (Lipinski definition) is 4. The van der Waals surface area contributed by atoms with Gasteiger partial charge in [0, 0.05) is 51.7 Å². The van der Waals surface area contributed by atoms with E-state index in [9.17, 15) is 9.59 Å². The molecule has 0 amide bonds. The van der Waals surface area contributed by atoms with Gasteiger partial charge in [-0.25, -0.2) is 0 Å². The average molecular weight is 400 g/mol. The third-order valence-corrected chi connectivity index (χ3v) is 5.43. The Balaban J connectivity index is 1.44. The third kappa shape index (κ3) is 2.93. The van der Waals surface area contributed by atoms with Crippen molar-refractivity contribution in [3.63, 3.8) is 0 Å². The normalized spacial score (nSPS) is 11.5. The molecule has 0 bridgehead atoms. The molecule has 1 aromatic carbocycles. The lowest BCUT2D eigenvalue weighted by molar-refractivity contribution is 0.723. The minimum Gasteiger partial charge on any atom is -0.328 e. The van der Waals surface area contributed by atoms with Crippen LogP contribution in [-0.4, -0.2) is 28.7 Å². The van der Waals surface area contributed by atoms with Crippen LogP contribution in [0.15, 0.2) is 70.8 Å². The summed E-state index contributed by atoms with van der Waals surface area (Å²) < 4.78 is 7.50. The Morgan fingerprint density at radius 3 is 1.47 bits per heavy atom. The average Bonchev–Trinajstić information content (AvgIpc) is 3.32. The van der Waals surface area contributed by atoms with E-state index in [4.69, 9.17) is 0 Å². The monoisotopic (exact) mass is 400 g/mol. The summed E-state index contributed by atoms with van der Waals surface area (Å²) >= 11 is 0. The Morgan fingerprint density at radius 1 is 0.667 bits per heavy atom. The summed E-state index contributed by atoms with van der Waals surface area (Å²) in [6, 6.07) is 11.5. The van der Waals surface area contributed by atoms with E-state index in [0.29, 0.717) is 23.9 Å². The molecule has 4 heterocycles. The molecule has 0 aliphatic rings. The van der Waals surface area contributed by atoms with E-state index in [1.165, 1.54) is 0 Å². The molecule has 8 heteroatoms. The number of fused-ring (bicyclic) bond motifs is 2. The van der Waals surface area contributed by atoms with Crippen molar-refractivity contribution >= 4 is 22.1 Å². The number of hydrogen-bond donors (Lipinski definition) is 0. The summed E-state index contributed by atoms with van der Waals surface area (Å²) in [5.74, 6) is 0. The van der Waals surface area contributed by atoms with Crippen LogP contribution in [0, 0.1) is 0 Å². The molecule has 0 saturated carbocycles. The van der Waals surface area contributed by atoms with Gasteiger partial charge in [-0.05, 0) is 11.1 Å². The Morgan fingerprint density at radius 2 is 1.07 bits per heavy atom. The maximum absolute atomic E-state index is 12.0. The van der Waals surface area contributed by atoms with E-state index >= 15 is 0 Å². The molecule has 0 spiro atoms. The Kier molecular flexibility index (Phi) is 4.13. The van der Waals surface area contributed by atoms with Gasteiger partial charge in [0.2, 0.25) is 0 Å². The fourth-order valence-electron chi connectivity index (χ4n) is 3.93. The summed E-state index contributed by atoms with van der Waals surface area (Å²) in [5.41, 5.74) is 3.81. The number of benzene rings is 1. The lowest BCUT2D eigenvalue weighted by Gasteiger charge is -2.12. The van der Waals surface area contributed by atoms with Crippen molar-refractivity contribution < 1.29 is 0 Å². The van der Waals surface area contributed by atoms with Gasteiger partial charge in [-0.1, -0.05) is 24.3 Å². The van der Waals surface area contributed by atoms with Crippen LogP contribution in [0.5, 0.6) is 0 Å². The maximum atomic E-state index is 12.0. The molecule has 8 nitrogen and oxygen atoms in total. The SMILES string of the molecule is Cn1ncc2c(=O)ccn(Cc3ccc(Cn4ccc(=O)c5cnn(C)c54)cc3)c21. The molecule has 0 radical (unpaired) electrons. The van der Waals surface area contributed by atoms with Crippen LogP contribution >= 0.6 is 0 Å². The highest BCUT2D eigenvalue weighted by molar-refractivity contribution is 5.75. The third-order valence-electron chi connectivity index (χ3n) is 5.43. The lowest BCUT2D eigenvalue weighted by atomic mass is 10.1. The smallest absolute Gasteiger partial charge is 0.192 e. The molecule has 150 valence electrons. The van der Waals surface area contributed by atoms with Gasteiger partial charge < -0.3 is 9.13 Å². The van der Waals surface area contributed by atoms with E-state index in [2.05, 4.69) is 34.5 Å². The van der Waals surface area contributed by atoms with Crippen molar-refractivity contribution in [1.29, 1.82) is 0 Å². The zero-order valence-electron chi connectivity index (χ0n) is 16.7. The molecule has 0 aliphatic carbocycles. The number of rotatable bonds is 4. The number of aryl methyl sites for hydroxylation is 2. The van der Waals surface area contributed by atoms with Crippen LogP contribution in [-0.2, 0) is 27.2 Å². The molecule has 5 aromatic rings. The molecular formula is C22H20N6O2. The van der Waals surface area contributed by atoms with Crippen LogP contribution in [0.2, 0.25) is 0 Å². The zero-order valence-corrected chi connectivity index (χ0v) is 16.7. The van der Waals surface area contributed by atoms with E-state index in [1.54, 1.807) is 46.3 Å². The lowest BCUT2D eigenvalue weighted by Crippen LogP contribution is -2.11. The van der Waals surface area contributed by atoms with Gasteiger partial charge in [-0.3, -0.25) is 19.0 Å². The second-order valence-corrected chi connectivity index (χ2v) is 7.44. The first-order valence-electron chi connectivity index (χ1n) is 9.61. The van der Waals surface area contributed by atoms with Crippen LogP contribution in [0.4, 0.5) is 0 Å². The molecule has 0 saturated heterocycles. The molecule has 0 N–H and O–H groups in total. The van der Waals surface area contributed by atoms with Gasteiger partial charge in [-0.2, -0.15) is 10.2 Å². The van der Waals surface area contributed by atoms with Gasteiger partial charge in [0.15, 0.2) is 10.9 Å². The largest absolute Gasteiger partial charge is 0.328 e. The molecule has 0 aliphatic heterocycles. The van der Waals surface area contributed by atoms with E-state index in [-0.39, 0.29) is 10.9 Å². The molecular weight excluding hydrogens is 380 g/mol. The molecule has 4 aromatic heterocycles. The van der Waals surface area contributed by atoms with Crippen molar-refractivity contribution in [3.8, 4) is 0 Å². The van der Waals surface area contributed by atoms with Gasteiger partial charge in [-0.15, -0.1) is 0 Å². The first kappa shape index (κ1) is 18.1. The molecule has 0 atom stereocenters.